The van der Waals surface area contributed by atoms with E-state index in [1.165, 1.54) is 5.56 Å². The monoisotopic (exact) mass is 714 g/mol. The van der Waals surface area contributed by atoms with Gasteiger partial charge in [-0.15, -0.1) is 0 Å². The van der Waals surface area contributed by atoms with Crippen LogP contribution >= 0.6 is 0 Å². The lowest BCUT2D eigenvalue weighted by atomic mass is 10.0. The first-order valence-corrected chi connectivity index (χ1v) is 16.7. The Morgan fingerprint density at radius 1 is 0.698 bits per heavy atom. The maximum absolute atomic E-state index is 12.1. The quantitative estimate of drug-likeness (QED) is 0.115. The first-order chi connectivity index (χ1) is 25.5. The Balaban J connectivity index is 0.000000206. The van der Waals surface area contributed by atoms with Gasteiger partial charge >= 0.3 is 0 Å². The molecule has 0 aliphatic rings. The van der Waals surface area contributed by atoms with Gasteiger partial charge in [-0.05, 0) is 53.8 Å². The van der Waals surface area contributed by atoms with Crippen molar-refractivity contribution < 1.29 is 33.4 Å². The molecule has 2 heterocycles. The van der Waals surface area contributed by atoms with Gasteiger partial charge in [0.1, 0.15) is 23.5 Å². The number of carbonyl (C=O) groups excluding carboxylic acids is 2. The molecule has 0 aliphatic heterocycles. The van der Waals surface area contributed by atoms with E-state index in [1.807, 2.05) is 78.9 Å². The van der Waals surface area contributed by atoms with Crippen LogP contribution in [-0.4, -0.2) is 28.6 Å². The summed E-state index contributed by atoms with van der Waals surface area (Å²) in [6, 6.07) is 36.0. The number of aryl methyl sites for hydroxylation is 2. The molecule has 4 N–H and O–H groups in total. The summed E-state index contributed by atoms with van der Waals surface area (Å²) < 4.78 is 15.8. The number of aromatic hydroxyl groups is 2. The summed E-state index contributed by atoms with van der Waals surface area (Å²) in [5.74, 6) is -1.15. The lowest BCUT2D eigenvalue weighted by molar-refractivity contribution is -0.121. The molecule has 0 saturated carbocycles. The van der Waals surface area contributed by atoms with Crippen molar-refractivity contribution in [2.75, 3.05) is 6.61 Å². The summed E-state index contributed by atoms with van der Waals surface area (Å²) in [6.07, 6.45) is 1.12. The van der Waals surface area contributed by atoms with E-state index in [0.29, 0.717) is 5.75 Å². The number of ether oxygens (including phenoxy) is 1. The van der Waals surface area contributed by atoms with Crippen LogP contribution in [-0.2, 0) is 17.9 Å². The molecular weight excluding hydrogens is 676 g/mol. The van der Waals surface area contributed by atoms with Crippen LogP contribution in [0.5, 0.6) is 17.2 Å². The Labute approximate surface area is 305 Å². The van der Waals surface area contributed by atoms with E-state index in [9.17, 15) is 24.3 Å². The van der Waals surface area contributed by atoms with Crippen molar-refractivity contribution in [2.24, 2.45) is 0 Å². The minimum Gasteiger partial charge on any atom is -0.502 e. The number of rotatable bonds is 11. The highest BCUT2D eigenvalue weighted by Gasteiger charge is 2.17. The summed E-state index contributed by atoms with van der Waals surface area (Å²) in [6.45, 7) is 4.15. The molecule has 270 valence electrons. The smallest absolute Gasteiger partial charge is 0.291 e. The third-order valence-corrected chi connectivity index (χ3v) is 7.93. The molecular formula is C42H38N2O9. The second-order valence-electron chi connectivity index (χ2n) is 12.0. The Morgan fingerprint density at radius 3 is 1.94 bits per heavy atom. The van der Waals surface area contributed by atoms with Crippen LogP contribution in [0.2, 0.25) is 0 Å². The maximum Gasteiger partial charge on any atom is 0.291 e. The lowest BCUT2D eigenvalue weighted by Gasteiger charge is -2.08. The molecule has 0 atom stereocenters. The van der Waals surface area contributed by atoms with E-state index in [4.69, 9.17) is 18.7 Å². The topological polar surface area (TPSA) is 168 Å². The highest BCUT2D eigenvalue weighted by molar-refractivity contribution is 5.93. The number of nitrogens with one attached hydrogen (secondary N) is 2. The van der Waals surface area contributed by atoms with Gasteiger partial charge in [0.2, 0.25) is 28.3 Å². The molecule has 0 spiro atoms. The van der Waals surface area contributed by atoms with E-state index in [2.05, 4.69) is 41.8 Å². The van der Waals surface area contributed by atoms with Gasteiger partial charge in [0, 0.05) is 18.7 Å². The summed E-state index contributed by atoms with van der Waals surface area (Å²) >= 11 is 0. The Bertz CT molecular complexity index is 2260. The number of hydrogen-bond acceptors (Lipinski definition) is 9. The standard InChI is InChI=1S/C22H21NO5.C20H17NO4/c1-15-2-4-16(5-3-15)17-6-8-18(9-7-17)27-11-10-22(26)23-13-19-12-20(24)21(25)14-28-19;1-13-11-17(22)18(23)19(25-13)20(24)21-12-14-7-9-16(10-8-14)15-5-3-2-4-6-15/h2-9,12,14,25H,10-11,13H2,1H3,(H,23,26);2-11,23H,12H2,1H3,(H,21,24). The van der Waals surface area contributed by atoms with Crippen LogP contribution in [0, 0.1) is 13.8 Å². The van der Waals surface area contributed by atoms with Crippen LogP contribution in [0.25, 0.3) is 22.3 Å². The van der Waals surface area contributed by atoms with Crippen molar-refractivity contribution in [1.82, 2.24) is 10.6 Å². The van der Waals surface area contributed by atoms with Gasteiger partial charge in [0.15, 0.2) is 5.75 Å². The average Bonchev–Trinajstić information content (AvgIpc) is 3.17. The van der Waals surface area contributed by atoms with E-state index >= 15 is 0 Å². The third kappa shape index (κ3) is 10.8. The van der Waals surface area contributed by atoms with E-state index in [-0.39, 0.29) is 49.3 Å². The maximum atomic E-state index is 12.1. The van der Waals surface area contributed by atoms with Gasteiger partial charge < -0.3 is 34.4 Å². The van der Waals surface area contributed by atoms with Crippen molar-refractivity contribution >= 4 is 11.8 Å². The number of hydrogen-bond donors (Lipinski definition) is 4. The molecule has 53 heavy (non-hydrogen) atoms. The third-order valence-electron chi connectivity index (χ3n) is 7.93. The fourth-order valence-corrected chi connectivity index (χ4v) is 5.03. The van der Waals surface area contributed by atoms with E-state index in [0.717, 1.165) is 46.2 Å². The molecule has 4 aromatic carbocycles. The molecule has 11 heteroatoms. The first kappa shape index (κ1) is 37.4. The molecule has 6 rings (SSSR count). The zero-order valence-electron chi connectivity index (χ0n) is 29.1. The summed E-state index contributed by atoms with van der Waals surface area (Å²) in [5, 5.41) is 24.1. The minimum atomic E-state index is -0.678. The van der Waals surface area contributed by atoms with Crippen molar-refractivity contribution in [1.29, 1.82) is 0 Å². The Hall–Kier alpha value is -6.88. The Kier molecular flexibility index (Phi) is 12.6. The second kappa shape index (κ2) is 17.9. The molecule has 0 fully saturated rings. The molecule has 0 unspecified atom stereocenters. The molecule has 2 aromatic heterocycles. The van der Waals surface area contributed by atoms with Gasteiger partial charge in [0.05, 0.1) is 19.6 Å². The van der Waals surface area contributed by atoms with E-state index < -0.39 is 28.3 Å². The first-order valence-electron chi connectivity index (χ1n) is 16.7. The zero-order chi connectivity index (χ0) is 37.7. The SMILES string of the molecule is Cc1cc(=O)c(O)c(C(=O)NCc2ccc(-c3ccccc3)cc2)o1.Cc1ccc(-c2ccc(OCCC(=O)NCc3cc(=O)c(O)co3)cc2)cc1. The van der Waals surface area contributed by atoms with Crippen molar-refractivity contribution in [3.05, 3.63) is 170 Å². The molecule has 6 aromatic rings. The molecule has 2 amide bonds. The van der Waals surface area contributed by atoms with Gasteiger partial charge in [-0.2, -0.15) is 0 Å². The highest BCUT2D eigenvalue weighted by Crippen LogP contribution is 2.23. The zero-order valence-corrected chi connectivity index (χ0v) is 29.1. The van der Waals surface area contributed by atoms with Crippen LogP contribution < -0.4 is 26.2 Å². The highest BCUT2D eigenvalue weighted by atomic mass is 16.5. The Morgan fingerprint density at radius 2 is 1.30 bits per heavy atom. The number of carbonyl (C=O) groups is 2. The minimum absolute atomic E-state index is 0.0690. The van der Waals surface area contributed by atoms with Crippen molar-refractivity contribution in [2.45, 2.75) is 33.4 Å². The van der Waals surface area contributed by atoms with Gasteiger partial charge in [0.25, 0.3) is 5.91 Å². The van der Waals surface area contributed by atoms with Crippen molar-refractivity contribution in [3.63, 3.8) is 0 Å². The normalized spacial score (nSPS) is 10.5. The fraction of sp³-hybridized carbons (Fsp3) is 0.143. The van der Waals surface area contributed by atoms with Crippen LogP contribution in [0.1, 0.15) is 39.6 Å². The van der Waals surface area contributed by atoms with Crippen LogP contribution in [0.15, 0.2) is 140 Å². The summed E-state index contributed by atoms with van der Waals surface area (Å²) in [4.78, 5) is 46.8. The summed E-state index contributed by atoms with van der Waals surface area (Å²) in [7, 11) is 0. The molecule has 0 saturated heterocycles. The van der Waals surface area contributed by atoms with Gasteiger partial charge in [-0.1, -0.05) is 96.6 Å². The van der Waals surface area contributed by atoms with Gasteiger partial charge in [-0.3, -0.25) is 19.2 Å². The van der Waals surface area contributed by atoms with Crippen LogP contribution in [0.4, 0.5) is 0 Å². The lowest BCUT2D eigenvalue weighted by Crippen LogP contribution is -2.24. The number of benzene rings is 4. The second-order valence-corrected chi connectivity index (χ2v) is 12.0. The van der Waals surface area contributed by atoms with Crippen molar-refractivity contribution in [3.8, 4) is 39.5 Å². The van der Waals surface area contributed by atoms with E-state index in [1.54, 1.807) is 6.92 Å². The largest absolute Gasteiger partial charge is 0.502 e. The predicted octanol–water partition coefficient (Wildman–Crippen LogP) is 6.66. The predicted molar refractivity (Wildman–Crippen MR) is 200 cm³/mol. The van der Waals surface area contributed by atoms with Gasteiger partial charge in [-0.25, -0.2) is 0 Å². The molecule has 0 aliphatic carbocycles. The molecule has 0 bridgehead atoms. The summed E-state index contributed by atoms with van der Waals surface area (Å²) in [5.41, 5.74) is 5.35. The average molecular weight is 715 g/mol. The van der Waals surface area contributed by atoms with Crippen LogP contribution in [0.3, 0.4) is 0 Å². The molecule has 0 radical (unpaired) electrons. The number of amides is 2. The molecule has 11 nitrogen and oxygen atoms in total. The fourth-order valence-electron chi connectivity index (χ4n) is 5.03.